The summed E-state index contributed by atoms with van der Waals surface area (Å²) in [7, 11) is 0. The molecule has 1 fully saturated rings. The van der Waals surface area contributed by atoms with Crippen LogP contribution in [-0.4, -0.2) is 59.4 Å². The highest BCUT2D eigenvalue weighted by Gasteiger charge is 2.28. The standard InChI is InChI=1S/C17H20N4O3/c1-12-4-2-3-5-13(12)16(23)20-8-10-21(11-9-20)17(24)14-6-7-15(22)19-18-14/h2-5H,6-11H2,1H3,(H,19,22). The van der Waals surface area contributed by atoms with Crippen molar-refractivity contribution in [1.29, 1.82) is 0 Å². The molecule has 24 heavy (non-hydrogen) atoms. The highest BCUT2D eigenvalue weighted by Crippen LogP contribution is 2.13. The van der Waals surface area contributed by atoms with E-state index in [1.165, 1.54) is 0 Å². The molecule has 0 saturated carbocycles. The first kappa shape index (κ1) is 16.2. The van der Waals surface area contributed by atoms with Crippen LogP contribution in [0.25, 0.3) is 0 Å². The van der Waals surface area contributed by atoms with Crippen LogP contribution in [-0.2, 0) is 9.59 Å². The Balaban J connectivity index is 1.60. The van der Waals surface area contributed by atoms with Gasteiger partial charge in [0.15, 0.2) is 0 Å². The third-order valence-electron chi connectivity index (χ3n) is 4.38. The van der Waals surface area contributed by atoms with Gasteiger partial charge < -0.3 is 9.80 Å². The van der Waals surface area contributed by atoms with Gasteiger partial charge in [0.2, 0.25) is 5.91 Å². The molecule has 0 aliphatic carbocycles. The minimum atomic E-state index is -0.166. The summed E-state index contributed by atoms with van der Waals surface area (Å²) in [6, 6.07) is 7.51. The maximum atomic E-state index is 12.6. The predicted octanol–water partition coefficient (Wildman–Crippen LogP) is 0.545. The van der Waals surface area contributed by atoms with Crippen LogP contribution in [0, 0.1) is 6.92 Å². The summed E-state index contributed by atoms with van der Waals surface area (Å²) >= 11 is 0. The molecule has 1 saturated heterocycles. The Bertz CT molecular complexity index is 706. The van der Waals surface area contributed by atoms with Crippen LogP contribution >= 0.6 is 0 Å². The molecule has 3 rings (SSSR count). The lowest BCUT2D eigenvalue weighted by molar-refractivity contribution is -0.126. The van der Waals surface area contributed by atoms with E-state index in [0.717, 1.165) is 5.56 Å². The molecule has 1 aromatic rings. The molecule has 0 atom stereocenters. The van der Waals surface area contributed by atoms with Crippen LogP contribution < -0.4 is 5.43 Å². The van der Waals surface area contributed by atoms with E-state index in [2.05, 4.69) is 10.5 Å². The fourth-order valence-electron chi connectivity index (χ4n) is 2.91. The summed E-state index contributed by atoms with van der Waals surface area (Å²) < 4.78 is 0. The van der Waals surface area contributed by atoms with E-state index in [-0.39, 0.29) is 24.1 Å². The minimum Gasteiger partial charge on any atom is -0.335 e. The van der Waals surface area contributed by atoms with E-state index < -0.39 is 0 Å². The lowest BCUT2D eigenvalue weighted by atomic mass is 10.1. The van der Waals surface area contributed by atoms with Crippen LogP contribution in [0.3, 0.4) is 0 Å². The molecule has 7 heteroatoms. The Morgan fingerprint density at radius 3 is 2.21 bits per heavy atom. The highest BCUT2D eigenvalue weighted by molar-refractivity contribution is 6.39. The summed E-state index contributed by atoms with van der Waals surface area (Å²) in [6.07, 6.45) is 0.656. The summed E-state index contributed by atoms with van der Waals surface area (Å²) in [5.41, 5.74) is 4.38. The van der Waals surface area contributed by atoms with Crippen molar-refractivity contribution in [1.82, 2.24) is 15.2 Å². The van der Waals surface area contributed by atoms with Gasteiger partial charge in [-0.3, -0.25) is 14.4 Å². The average Bonchev–Trinajstić information content (AvgIpc) is 2.62. The number of piperazine rings is 1. The zero-order valence-electron chi connectivity index (χ0n) is 13.6. The fourth-order valence-corrected chi connectivity index (χ4v) is 2.91. The molecule has 3 amide bonds. The Kier molecular flexibility index (Phi) is 4.59. The van der Waals surface area contributed by atoms with Crippen molar-refractivity contribution in [3.05, 3.63) is 35.4 Å². The van der Waals surface area contributed by atoms with E-state index in [1.807, 2.05) is 31.2 Å². The normalized spacial score (nSPS) is 18.0. The largest absolute Gasteiger partial charge is 0.335 e. The van der Waals surface area contributed by atoms with Crippen molar-refractivity contribution in [3.63, 3.8) is 0 Å². The molecule has 126 valence electrons. The van der Waals surface area contributed by atoms with Gasteiger partial charge >= 0.3 is 0 Å². The van der Waals surface area contributed by atoms with Gasteiger partial charge in [-0.2, -0.15) is 5.10 Å². The molecule has 1 N–H and O–H groups in total. The minimum absolute atomic E-state index is 0.00229. The van der Waals surface area contributed by atoms with Gasteiger partial charge in [0.1, 0.15) is 5.71 Å². The smallest absolute Gasteiger partial charge is 0.270 e. The second-order valence-corrected chi connectivity index (χ2v) is 5.99. The molecular weight excluding hydrogens is 308 g/mol. The molecule has 1 aromatic carbocycles. The van der Waals surface area contributed by atoms with Crippen LogP contribution in [0.1, 0.15) is 28.8 Å². The number of nitrogens with zero attached hydrogens (tertiary/aromatic N) is 3. The Hall–Kier alpha value is -2.70. The third kappa shape index (κ3) is 3.29. The first-order valence-electron chi connectivity index (χ1n) is 8.06. The monoisotopic (exact) mass is 328 g/mol. The Morgan fingerprint density at radius 2 is 1.62 bits per heavy atom. The third-order valence-corrected chi connectivity index (χ3v) is 4.38. The summed E-state index contributed by atoms with van der Waals surface area (Å²) in [4.78, 5) is 39.6. The van der Waals surface area contributed by atoms with E-state index in [9.17, 15) is 14.4 Å². The van der Waals surface area contributed by atoms with Crippen molar-refractivity contribution in [2.75, 3.05) is 26.2 Å². The van der Waals surface area contributed by atoms with Gasteiger partial charge in [-0.25, -0.2) is 5.43 Å². The van der Waals surface area contributed by atoms with E-state index in [0.29, 0.717) is 43.9 Å². The second-order valence-electron chi connectivity index (χ2n) is 5.99. The van der Waals surface area contributed by atoms with Crippen molar-refractivity contribution in [2.24, 2.45) is 5.10 Å². The van der Waals surface area contributed by atoms with Crippen molar-refractivity contribution < 1.29 is 14.4 Å². The van der Waals surface area contributed by atoms with Gasteiger partial charge in [0, 0.05) is 44.6 Å². The van der Waals surface area contributed by atoms with Crippen molar-refractivity contribution in [3.8, 4) is 0 Å². The predicted molar refractivity (Wildman–Crippen MR) is 88.5 cm³/mol. The molecule has 0 bridgehead atoms. The molecule has 0 spiro atoms. The van der Waals surface area contributed by atoms with Crippen LogP contribution in [0.15, 0.2) is 29.4 Å². The van der Waals surface area contributed by atoms with E-state index >= 15 is 0 Å². The maximum absolute atomic E-state index is 12.6. The SMILES string of the molecule is Cc1ccccc1C(=O)N1CCN(C(=O)C2=NNC(=O)CC2)CC1. The molecule has 0 unspecified atom stereocenters. The maximum Gasteiger partial charge on any atom is 0.270 e. The van der Waals surface area contributed by atoms with Gasteiger partial charge in [0.05, 0.1) is 0 Å². The Morgan fingerprint density at radius 1 is 1.00 bits per heavy atom. The average molecular weight is 328 g/mol. The number of hydrazone groups is 1. The molecule has 0 radical (unpaired) electrons. The first-order chi connectivity index (χ1) is 11.6. The van der Waals surface area contributed by atoms with E-state index in [1.54, 1.807) is 9.80 Å². The number of hydrogen-bond donors (Lipinski definition) is 1. The van der Waals surface area contributed by atoms with E-state index in [4.69, 9.17) is 0 Å². The number of rotatable bonds is 2. The van der Waals surface area contributed by atoms with Gasteiger partial charge in [0.25, 0.3) is 11.8 Å². The summed E-state index contributed by atoms with van der Waals surface area (Å²) in [6.45, 7) is 3.87. The lowest BCUT2D eigenvalue weighted by Crippen LogP contribution is -2.52. The number of amides is 3. The van der Waals surface area contributed by atoms with Gasteiger partial charge in [-0.15, -0.1) is 0 Å². The number of carbonyl (C=O) groups excluding carboxylic acids is 3. The van der Waals surface area contributed by atoms with Gasteiger partial charge in [-0.1, -0.05) is 18.2 Å². The highest BCUT2D eigenvalue weighted by atomic mass is 16.2. The quantitative estimate of drug-likeness (QED) is 0.860. The molecular formula is C17H20N4O3. The van der Waals surface area contributed by atoms with Crippen molar-refractivity contribution >= 4 is 23.4 Å². The zero-order chi connectivity index (χ0) is 17.1. The zero-order valence-corrected chi connectivity index (χ0v) is 13.6. The number of hydrogen-bond acceptors (Lipinski definition) is 4. The van der Waals surface area contributed by atoms with Gasteiger partial charge in [-0.05, 0) is 18.6 Å². The first-order valence-corrected chi connectivity index (χ1v) is 8.06. The number of carbonyl (C=O) groups is 3. The molecule has 2 aliphatic rings. The van der Waals surface area contributed by atoms with Crippen LogP contribution in [0.5, 0.6) is 0 Å². The molecule has 2 aliphatic heterocycles. The molecule has 0 aromatic heterocycles. The van der Waals surface area contributed by atoms with Crippen molar-refractivity contribution in [2.45, 2.75) is 19.8 Å². The fraction of sp³-hybridized carbons (Fsp3) is 0.412. The second kappa shape index (κ2) is 6.82. The number of nitrogens with one attached hydrogen (secondary N) is 1. The number of benzene rings is 1. The number of aryl methyl sites for hydroxylation is 1. The lowest BCUT2D eigenvalue weighted by Gasteiger charge is -2.35. The molecule has 7 nitrogen and oxygen atoms in total. The van der Waals surface area contributed by atoms with Crippen LogP contribution in [0.2, 0.25) is 0 Å². The Labute approximate surface area is 140 Å². The summed E-state index contributed by atoms with van der Waals surface area (Å²) in [5.74, 6) is -0.319. The van der Waals surface area contributed by atoms with Crippen LogP contribution in [0.4, 0.5) is 0 Å². The summed E-state index contributed by atoms with van der Waals surface area (Å²) in [5, 5.41) is 3.84. The topological polar surface area (TPSA) is 82.1 Å². The molecule has 2 heterocycles.